The summed E-state index contributed by atoms with van der Waals surface area (Å²) in [5.41, 5.74) is 1.98. The fourth-order valence-corrected chi connectivity index (χ4v) is 6.17. The van der Waals surface area contributed by atoms with Gasteiger partial charge in [0, 0.05) is 29.9 Å². The maximum absolute atomic E-state index is 12.1. The number of fused-ring (bicyclic) bond motifs is 7. The van der Waals surface area contributed by atoms with Gasteiger partial charge in [0.15, 0.2) is 0 Å². The molecule has 0 spiro atoms. The zero-order valence-corrected chi connectivity index (χ0v) is 14.9. The summed E-state index contributed by atoms with van der Waals surface area (Å²) < 4.78 is 0. The van der Waals surface area contributed by atoms with Crippen LogP contribution in [0.2, 0.25) is 0 Å². The topological polar surface area (TPSA) is 83.7 Å². The predicted octanol–water partition coefficient (Wildman–Crippen LogP) is 3.63. The second-order valence-corrected chi connectivity index (χ2v) is 9.13. The Morgan fingerprint density at radius 2 is 2.04 bits per heavy atom. The molecule has 4 atom stereocenters. The number of rotatable bonds is 2. The number of carboxylic acid groups (broad SMARTS) is 1. The van der Waals surface area contributed by atoms with Crippen molar-refractivity contribution in [2.24, 2.45) is 16.7 Å². The fourth-order valence-electron chi connectivity index (χ4n) is 6.17. The molecule has 3 aliphatic rings. The first-order valence-corrected chi connectivity index (χ1v) is 8.90. The van der Waals surface area contributed by atoms with Crippen LogP contribution in [0.3, 0.4) is 0 Å². The van der Waals surface area contributed by atoms with Crippen LogP contribution in [0.25, 0.3) is 0 Å². The Balaban J connectivity index is 1.87. The van der Waals surface area contributed by atoms with E-state index in [0.717, 1.165) is 30.5 Å². The highest BCUT2D eigenvalue weighted by atomic mass is 16.6. The Morgan fingerprint density at radius 3 is 2.68 bits per heavy atom. The summed E-state index contributed by atoms with van der Waals surface area (Å²) in [6, 6.07) is 5.21. The summed E-state index contributed by atoms with van der Waals surface area (Å²) in [6.45, 7) is 6.77. The van der Waals surface area contributed by atoms with Crippen LogP contribution in [0.1, 0.15) is 45.6 Å². The van der Waals surface area contributed by atoms with E-state index in [1.807, 2.05) is 6.07 Å². The van der Waals surface area contributed by atoms with Crippen molar-refractivity contribution in [3.63, 3.8) is 0 Å². The highest BCUT2D eigenvalue weighted by Gasteiger charge is 2.60. The number of hydrogen-bond donors (Lipinski definition) is 1. The molecule has 1 saturated heterocycles. The van der Waals surface area contributed by atoms with Gasteiger partial charge < -0.3 is 10.0 Å². The van der Waals surface area contributed by atoms with Crippen molar-refractivity contribution in [1.82, 2.24) is 0 Å². The van der Waals surface area contributed by atoms with E-state index in [-0.39, 0.29) is 22.6 Å². The lowest BCUT2D eigenvalue weighted by molar-refractivity contribution is -0.384. The third-order valence-corrected chi connectivity index (χ3v) is 6.47. The molecule has 1 N–H and O–H groups in total. The van der Waals surface area contributed by atoms with Crippen LogP contribution in [0, 0.1) is 26.9 Å². The molecule has 0 amide bonds. The van der Waals surface area contributed by atoms with Crippen LogP contribution in [-0.2, 0) is 11.2 Å². The van der Waals surface area contributed by atoms with Crippen LogP contribution in [0.5, 0.6) is 0 Å². The Bertz CT molecular complexity index is 775. The number of carboxylic acids is 1. The van der Waals surface area contributed by atoms with E-state index in [2.05, 4.69) is 25.7 Å². The predicted molar refractivity (Wildman–Crippen MR) is 93.7 cm³/mol. The van der Waals surface area contributed by atoms with Gasteiger partial charge in [-0.15, -0.1) is 0 Å². The molecule has 2 fully saturated rings. The smallest absolute Gasteiger partial charge is 0.308 e. The lowest BCUT2D eigenvalue weighted by Crippen LogP contribution is -2.51. The first-order chi connectivity index (χ1) is 11.6. The number of nitro groups is 1. The molecule has 0 radical (unpaired) electrons. The normalized spacial score (nSPS) is 35.0. The molecule has 2 heterocycles. The minimum atomic E-state index is -0.793. The quantitative estimate of drug-likeness (QED) is 0.654. The molecule has 0 unspecified atom stereocenters. The highest BCUT2D eigenvalue weighted by molar-refractivity contribution is 5.76. The van der Waals surface area contributed by atoms with Gasteiger partial charge in [-0.2, -0.15) is 0 Å². The molecular weight excluding hydrogens is 320 g/mol. The minimum absolute atomic E-state index is 0.0328. The van der Waals surface area contributed by atoms with Crippen LogP contribution >= 0.6 is 0 Å². The van der Waals surface area contributed by atoms with Crippen LogP contribution in [-0.4, -0.2) is 28.1 Å². The number of benzene rings is 1. The van der Waals surface area contributed by atoms with Gasteiger partial charge in [0.1, 0.15) is 0 Å². The van der Waals surface area contributed by atoms with Crippen LogP contribution in [0.15, 0.2) is 18.2 Å². The maximum atomic E-state index is 12.1. The molecular formula is C19H24N2O4. The summed E-state index contributed by atoms with van der Waals surface area (Å²) in [4.78, 5) is 25.1. The van der Waals surface area contributed by atoms with Gasteiger partial charge in [0.2, 0.25) is 0 Å². The average molecular weight is 344 g/mol. The molecule has 2 bridgehead atoms. The third-order valence-electron chi connectivity index (χ3n) is 6.47. The van der Waals surface area contributed by atoms with Gasteiger partial charge in [-0.1, -0.05) is 20.8 Å². The lowest BCUT2D eigenvalue weighted by atomic mass is 9.61. The van der Waals surface area contributed by atoms with Crippen LogP contribution < -0.4 is 4.90 Å². The lowest BCUT2D eigenvalue weighted by Gasteiger charge is -2.44. The Morgan fingerprint density at radius 1 is 1.32 bits per heavy atom. The monoisotopic (exact) mass is 344 g/mol. The number of carbonyl (C=O) groups is 1. The molecule has 1 aromatic carbocycles. The van der Waals surface area contributed by atoms with E-state index >= 15 is 0 Å². The van der Waals surface area contributed by atoms with Crippen molar-refractivity contribution >= 4 is 17.3 Å². The van der Waals surface area contributed by atoms with E-state index in [9.17, 15) is 20.0 Å². The summed E-state index contributed by atoms with van der Waals surface area (Å²) in [6.07, 6.45) is 3.42. The highest BCUT2D eigenvalue weighted by Crippen LogP contribution is 2.60. The Hall–Kier alpha value is -2.11. The zero-order valence-electron chi connectivity index (χ0n) is 14.9. The van der Waals surface area contributed by atoms with Gasteiger partial charge >= 0.3 is 5.97 Å². The molecule has 0 aromatic heterocycles. The molecule has 1 aromatic rings. The standard InChI is InChI=1S/C19H24N2O4/c1-18(2)8-13-9-19(3,10-18)16-14(17(22)23)7-11-6-12(21(24)25)4-5-15(11)20(13)16/h4-6,13-14,16H,7-10H2,1-3H3,(H,22,23)/t13-,14+,16-,19-/m0/s1. The van der Waals surface area contributed by atoms with Gasteiger partial charge in [-0.3, -0.25) is 14.9 Å². The first-order valence-electron chi connectivity index (χ1n) is 8.90. The second kappa shape index (κ2) is 4.96. The minimum Gasteiger partial charge on any atom is -0.481 e. The van der Waals surface area contributed by atoms with E-state index in [1.165, 1.54) is 0 Å². The van der Waals surface area contributed by atoms with E-state index in [1.54, 1.807) is 12.1 Å². The number of anilines is 1. The Labute approximate surface area is 147 Å². The van der Waals surface area contributed by atoms with E-state index in [0.29, 0.717) is 12.5 Å². The SMILES string of the molecule is CC1(C)C[C@H]2C[C@@](C)(C1)[C@@H]1[C@H](C(=O)O)Cc3cc([N+](=O)[O-])ccc3N21. The second-order valence-electron chi connectivity index (χ2n) is 9.13. The van der Waals surface area contributed by atoms with Gasteiger partial charge in [0.25, 0.3) is 5.69 Å². The van der Waals surface area contributed by atoms with E-state index < -0.39 is 16.8 Å². The summed E-state index contributed by atoms with van der Waals surface area (Å²) in [7, 11) is 0. The van der Waals surface area contributed by atoms with Crippen molar-refractivity contribution in [3.8, 4) is 0 Å². The molecule has 6 nitrogen and oxygen atoms in total. The first kappa shape index (κ1) is 16.4. The number of nitrogens with zero attached hydrogens (tertiary/aromatic N) is 2. The number of non-ortho nitro benzene ring substituents is 1. The van der Waals surface area contributed by atoms with Gasteiger partial charge in [-0.05, 0) is 48.1 Å². The number of nitro benzene ring substituents is 1. The molecule has 6 heteroatoms. The molecule has 134 valence electrons. The third kappa shape index (κ3) is 2.34. The number of aliphatic carboxylic acids is 1. The molecule has 1 saturated carbocycles. The van der Waals surface area contributed by atoms with Crippen molar-refractivity contribution < 1.29 is 14.8 Å². The number of hydrogen-bond acceptors (Lipinski definition) is 4. The molecule has 4 rings (SSSR count). The maximum Gasteiger partial charge on any atom is 0.308 e. The summed E-state index contributed by atoms with van der Waals surface area (Å²) >= 11 is 0. The van der Waals surface area contributed by atoms with Crippen molar-refractivity contribution in [3.05, 3.63) is 33.9 Å². The largest absolute Gasteiger partial charge is 0.481 e. The molecule has 2 aliphatic heterocycles. The molecule has 1 aliphatic carbocycles. The average Bonchev–Trinajstić information content (AvgIpc) is 2.72. The fraction of sp³-hybridized carbons (Fsp3) is 0.632. The zero-order chi connectivity index (χ0) is 18.1. The van der Waals surface area contributed by atoms with Crippen molar-refractivity contribution in [2.75, 3.05) is 4.90 Å². The summed E-state index contributed by atoms with van der Waals surface area (Å²) in [5, 5.41) is 21.0. The van der Waals surface area contributed by atoms with Gasteiger partial charge in [-0.25, -0.2) is 0 Å². The summed E-state index contributed by atoms with van der Waals surface area (Å²) in [5.74, 6) is -1.31. The van der Waals surface area contributed by atoms with Gasteiger partial charge in [0.05, 0.1) is 10.8 Å². The van der Waals surface area contributed by atoms with Crippen molar-refractivity contribution in [1.29, 1.82) is 0 Å². The van der Waals surface area contributed by atoms with Crippen molar-refractivity contribution in [2.45, 2.75) is 58.5 Å². The molecule has 25 heavy (non-hydrogen) atoms. The Kier molecular flexibility index (Phi) is 3.25. The van der Waals surface area contributed by atoms with Crippen LogP contribution in [0.4, 0.5) is 11.4 Å². The van der Waals surface area contributed by atoms with E-state index in [4.69, 9.17) is 0 Å².